The maximum atomic E-state index is 12.5. The molecule has 2 rings (SSSR count). The Bertz CT molecular complexity index is 545. The number of carbonyl (C=O) groups excluding carboxylic acids is 2. The summed E-state index contributed by atoms with van der Waals surface area (Å²) in [7, 11) is 0. The number of aliphatic hydroxyl groups excluding tert-OH is 1. The van der Waals surface area contributed by atoms with Gasteiger partial charge in [-0.25, -0.2) is 0 Å². The quantitative estimate of drug-likeness (QED) is 0.862. The normalized spacial score (nSPS) is 19.0. The summed E-state index contributed by atoms with van der Waals surface area (Å²) in [6.07, 6.45) is 2.20. The highest BCUT2D eigenvalue weighted by Crippen LogP contribution is 2.20. The number of hydrogen-bond donors (Lipinski definition) is 1. The van der Waals surface area contributed by atoms with Gasteiger partial charge in [-0.1, -0.05) is 30.3 Å². The molecule has 0 saturated carbocycles. The van der Waals surface area contributed by atoms with Crippen molar-refractivity contribution in [1.29, 1.82) is 0 Å². The Hall–Kier alpha value is -1.88. The van der Waals surface area contributed by atoms with Crippen LogP contribution in [0.5, 0.6) is 0 Å². The van der Waals surface area contributed by atoms with Crippen molar-refractivity contribution in [3.05, 3.63) is 35.9 Å². The summed E-state index contributed by atoms with van der Waals surface area (Å²) in [5.74, 6) is 0.0322. The highest BCUT2D eigenvalue weighted by molar-refractivity contribution is 5.83. The van der Waals surface area contributed by atoms with Crippen molar-refractivity contribution in [2.45, 2.75) is 39.2 Å². The minimum atomic E-state index is -0.400. The third-order valence-electron chi connectivity index (χ3n) is 4.78. The van der Waals surface area contributed by atoms with E-state index in [1.54, 1.807) is 16.7 Å². The Balaban J connectivity index is 1.89. The van der Waals surface area contributed by atoms with Crippen molar-refractivity contribution in [3.8, 4) is 0 Å². The summed E-state index contributed by atoms with van der Waals surface area (Å²) in [5, 5.41) is 9.75. The fraction of sp³-hybridized carbons (Fsp3) is 0.579. The molecule has 1 fully saturated rings. The van der Waals surface area contributed by atoms with Crippen molar-refractivity contribution >= 4 is 11.8 Å². The molecule has 0 aromatic heterocycles. The lowest BCUT2D eigenvalue weighted by atomic mass is 9.93. The molecule has 1 aliphatic rings. The molecule has 24 heavy (non-hydrogen) atoms. The predicted molar refractivity (Wildman–Crippen MR) is 93.4 cm³/mol. The van der Waals surface area contributed by atoms with Crippen LogP contribution in [0, 0.1) is 5.92 Å². The highest BCUT2D eigenvalue weighted by Gasteiger charge is 2.27. The summed E-state index contributed by atoms with van der Waals surface area (Å²) in [4.78, 5) is 27.8. The largest absolute Gasteiger partial charge is 0.393 e. The molecule has 0 aliphatic carbocycles. The lowest BCUT2D eigenvalue weighted by Crippen LogP contribution is -2.48. The zero-order chi connectivity index (χ0) is 17.5. The van der Waals surface area contributed by atoms with Crippen molar-refractivity contribution in [2.24, 2.45) is 5.92 Å². The number of hydrogen-bond acceptors (Lipinski definition) is 3. The summed E-state index contributed by atoms with van der Waals surface area (Å²) < 4.78 is 0. The van der Waals surface area contributed by atoms with Gasteiger partial charge in [-0.3, -0.25) is 9.59 Å². The predicted octanol–water partition coefficient (Wildman–Crippen LogP) is 1.70. The smallest absolute Gasteiger partial charge is 0.242 e. The molecule has 1 saturated heterocycles. The molecule has 2 amide bonds. The molecule has 132 valence electrons. The molecule has 0 spiro atoms. The van der Waals surface area contributed by atoms with Gasteiger partial charge in [0.2, 0.25) is 11.8 Å². The molecule has 5 nitrogen and oxygen atoms in total. The van der Waals surface area contributed by atoms with E-state index in [1.807, 2.05) is 30.3 Å². The van der Waals surface area contributed by atoms with Gasteiger partial charge in [-0.05, 0) is 31.7 Å². The van der Waals surface area contributed by atoms with Crippen molar-refractivity contribution < 1.29 is 14.7 Å². The maximum Gasteiger partial charge on any atom is 0.242 e. The van der Waals surface area contributed by atoms with Crippen molar-refractivity contribution in [3.63, 3.8) is 0 Å². The lowest BCUT2D eigenvalue weighted by Gasteiger charge is -2.35. The molecule has 0 bridgehead atoms. The minimum Gasteiger partial charge on any atom is -0.393 e. The van der Waals surface area contributed by atoms with Crippen molar-refractivity contribution in [1.82, 2.24) is 9.80 Å². The van der Waals surface area contributed by atoms with Gasteiger partial charge < -0.3 is 14.9 Å². The number of carbonyl (C=O) groups is 2. The van der Waals surface area contributed by atoms with Crippen LogP contribution >= 0.6 is 0 Å². The molecular formula is C19H28N2O3. The molecule has 1 aliphatic heterocycles. The van der Waals surface area contributed by atoms with Gasteiger partial charge in [0.25, 0.3) is 0 Å². The van der Waals surface area contributed by atoms with E-state index in [-0.39, 0.29) is 24.3 Å². The molecule has 1 heterocycles. The SMILES string of the molecule is CC(=O)N(CCc1ccccc1)CC(=O)N1CCC[C@H]([C@@H](C)O)C1. The van der Waals surface area contributed by atoms with Gasteiger partial charge in [-0.15, -0.1) is 0 Å². The van der Waals surface area contributed by atoms with Crippen LogP contribution in [0.2, 0.25) is 0 Å². The average molecular weight is 332 g/mol. The maximum absolute atomic E-state index is 12.5. The standard InChI is InChI=1S/C19H28N2O3/c1-15(22)18-9-6-11-21(13-18)19(24)14-20(16(2)23)12-10-17-7-4-3-5-8-17/h3-5,7-8,15,18,22H,6,9-14H2,1-2H3/t15-,18+/m1/s1. The molecule has 5 heteroatoms. The molecule has 2 atom stereocenters. The number of piperidine rings is 1. The van der Waals surface area contributed by atoms with Gasteiger partial charge >= 0.3 is 0 Å². The molecule has 1 N–H and O–H groups in total. The van der Waals surface area contributed by atoms with E-state index in [2.05, 4.69) is 0 Å². The first-order valence-corrected chi connectivity index (χ1v) is 8.72. The zero-order valence-electron chi connectivity index (χ0n) is 14.6. The summed E-state index contributed by atoms with van der Waals surface area (Å²) in [6.45, 7) is 5.24. The second kappa shape index (κ2) is 8.83. The molecule has 0 unspecified atom stereocenters. The fourth-order valence-corrected chi connectivity index (χ4v) is 3.15. The van der Waals surface area contributed by atoms with E-state index in [9.17, 15) is 14.7 Å². The Labute approximate surface area is 144 Å². The number of amides is 2. The van der Waals surface area contributed by atoms with Gasteiger partial charge in [-0.2, -0.15) is 0 Å². The second-order valence-electron chi connectivity index (χ2n) is 6.66. The second-order valence-corrected chi connectivity index (χ2v) is 6.66. The number of nitrogens with zero attached hydrogens (tertiary/aromatic N) is 2. The minimum absolute atomic E-state index is 0.0244. The Morgan fingerprint density at radius 1 is 1.33 bits per heavy atom. The number of benzene rings is 1. The number of rotatable bonds is 6. The Morgan fingerprint density at radius 3 is 2.67 bits per heavy atom. The molecule has 0 radical (unpaired) electrons. The third-order valence-corrected chi connectivity index (χ3v) is 4.78. The van der Waals surface area contributed by atoms with Crippen LogP contribution in [-0.2, 0) is 16.0 Å². The van der Waals surface area contributed by atoms with Crippen LogP contribution in [0.15, 0.2) is 30.3 Å². The van der Waals surface area contributed by atoms with Crippen LogP contribution in [0.3, 0.4) is 0 Å². The number of likely N-dealkylation sites (tertiary alicyclic amines) is 1. The average Bonchev–Trinajstić information content (AvgIpc) is 2.59. The molecule has 1 aromatic carbocycles. The monoisotopic (exact) mass is 332 g/mol. The summed E-state index contributed by atoms with van der Waals surface area (Å²) >= 11 is 0. The van der Waals surface area contributed by atoms with E-state index in [0.29, 0.717) is 19.6 Å². The van der Waals surface area contributed by atoms with E-state index < -0.39 is 6.10 Å². The van der Waals surface area contributed by atoms with Gasteiger partial charge in [0.1, 0.15) is 0 Å². The van der Waals surface area contributed by atoms with E-state index in [1.165, 1.54) is 6.92 Å². The summed E-state index contributed by atoms with van der Waals surface area (Å²) in [5.41, 5.74) is 1.16. The fourth-order valence-electron chi connectivity index (χ4n) is 3.15. The topological polar surface area (TPSA) is 60.9 Å². The van der Waals surface area contributed by atoms with Gasteiger partial charge in [0.15, 0.2) is 0 Å². The third kappa shape index (κ3) is 5.34. The first kappa shape index (κ1) is 18.5. The summed E-state index contributed by atoms with van der Waals surface area (Å²) in [6, 6.07) is 9.96. The van der Waals surface area contributed by atoms with Gasteiger partial charge in [0.05, 0.1) is 12.6 Å². The van der Waals surface area contributed by atoms with Gasteiger partial charge in [0, 0.05) is 32.5 Å². The van der Waals surface area contributed by atoms with E-state index >= 15 is 0 Å². The zero-order valence-corrected chi connectivity index (χ0v) is 14.6. The highest BCUT2D eigenvalue weighted by atomic mass is 16.3. The Kier molecular flexibility index (Phi) is 6.79. The van der Waals surface area contributed by atoms with Crippen LogP contribution in [0.25, 0.3) is 0 Å². The first-order chi connectivity index (χ1) is 11.5. The molecule has 1 aromatic rings. The molecular weight excluding hydrogens is 304 g/mol. The lowest BCUT2D eigenvalue weighted by molar-refractivity contribution is -0.141. The first-order valence-electron chi connectivity index (χ1n) is 8.72. The van der Waals surface area contributed by atoms with E-state index in [0.717, 1.165) is 24.8 Å². The van der Waals surface area contributed by atoms with Crippen LogP contribution in [0.1, 0.15) is 32.3 Å². The van der Waals surface area contributed by atoms with E-state index in [4.69, 9.17) is 0 Å². The number of aliphatic hydroxyl groups is 1. The Morgan fingerprint density at radius 2 is 2.04 bits per heavy atom. The van der Waals surface area contributed by atoms with Crippen LogP contribution < -0.4 is 0 Å². The van der Waals surface area contributed by atoms with Crippen molar-refractivity contribution in [2.75, 3.05) is 26.2 Å². The van der Waals surface area contributed by atoms with Crippen LogP contribution in [0.4, 0.5) is 0 Å². The van der Waals surface area contributed by atoms with Crippen LogP contribution in [-0.4, -0.2) is 59.0 Å².